The number of thiazole rings is 1. The molecular weight excluding hydrogens is 264 g/mol. The van der Waals surface area contributed by atoms with Crippen molar-refractivity contribution in [3.8, 4) is 0 Å². The van der Waals surface area contributed by atoms with Crippen LogP contribution in [-0.4, -0.2) is 42.0 Å². The summed E-state index contributed by atoms with van der Waals surface area (Å²) in [6, 6.07) is 0. The van der Waals surface area contributed by atoms with E-state index in [4.69, 9.17) is 4.74 Å². The number of hydrogen-bond donors (Lipinski definition) is 0. The average Bonchev–Trinajstić information content (AvgIpc) is 2.76. The Bertz CT molecular complexity index is 498. The molecule has 0 aliphatic carbocycles. The number of likely N-dealkylation sites (tertiary alicyclic amines) is 1. The van der Waals surface area contributed by atoms with Crippen LogP contribution in [0, 0.1) is 19.8 Å². The number of aryl methyl sites for hydroxylation is 2. The van der Waals surface area contributed by atoms with Crippen LogP contribution in [0.5, 0.6) is 0 Å². The topological polar surface area (TPSA) is 59.5 Å². The van der Waals surface area contributed by atoms with Gasteiger partial charge in [0.1, 0.15) is 4.88 Å². The molecule has 1 aliphatic heterocycles. The first-order chi connectivity index (χ1) is 9.02. The van der Waals surface area contributed by atoms with Crippen LogP contribution in [0.4, 0.5) is 0 Å². The van der Waals surface area contributed by atoms with Gasteiger partial charge in [-0.2, -0.15) is 0 Å². The number of rotatable bonds is 2. The molecule has 1 aromatic rings. The molecular formula is C13H18N2O3S. The highest BCUT2D eigenvalue weighted by Gasteiger charge is 2.30. The maximum Gasteiger partial charge on any atom is 0.310 e. The van der Waals surface area contributed by atoms with Gasteiger partial charge in [-0.3, -0.25) is 9.59 Å². The van der Waals surface area contributed by atoms with E-state index in [1.54, 1.807) is 4.90 Å². The van der Waals surface area contributed by atoms with Crippen molar-refractivity contribution in [3.63, 3.8) is 0 Å². The van der Waals surface area contributed by atoms with Gasteiger partial charge in [0.05, 0.1) is 23.7 Å². The first kappa shape index (κ1) is 14.0. The molecule has 0 bridgehead atoms. The van der Waals surface area contributed by atoms with Gasteiger partial charge < -0.3 is 9.64 Å². The minimum atomic E-state index is -0.227. The number of piperidine rings is 1. The molecule has 1 amide bonds. The highest BCUT2D eigenvalue weighted by atomic mass is 32.1. The van der Waals surface area contributed by atoms with E-state index >= 15 is 0 Å². The smallest absolute Gasteiger partial charge is 0.310 e. The van der Waals surface area contributed by atoms with Gasteiger partial charge >= 0.3 is 5.97 Å². The highest BCUT2D eigenvalue weighted by Crippen LogP contribution is 2.23. The lowest BCUT2D eigenvalue weighted by atomic mass is 9.98. The lowest BCUT2D eigenvalue weighted by molar-refractivity contribution is -0.146. The standard InChI is InChI=1S/C13H18N2O3S/c1-8-11(19-9(2)14-8)12(16)15-6-4-5-10(7-15)13(17)18-3/h10H,4-7H2,1-3H3/t10-/m0/s1. The van der Waals surface area contributed by atoms with Crippen LogP contribution < -0.4 is 0 Å². The molecule has 0 aromatic carbocycles. The number of esters is 1. The summed E-state index contributed by atoms with van der Waals surface area (Å²) in [6.45, 7) is 4.88. The predicted octanol–water partition coefficient (Wildman–Crippen LogP) is 1.79. The van der Waals surface area contributed by atoms with Crippen molar-refractivity contribution in [1.29, 1.82) is 0 Å². The SMILES string of the molecule is COC(=O)[C@H]1CCCN(C(=O)c2sc(C)nc2C)C1. The largest absolute Gasteiger partial charge is 0.469 e. The van der Waals surface area contributed by atoms with Crippen LogP contribution in [-0.2, 0) is 9.53 Å². The summed E-state index contributed by atoms with van der Waals surface area (Å²) < 4.78 is 4.76. The summed E-state index contributed by atoms with van der Waals surface area (Å²) in [4.78, 5) is 30.7. The second-order valence-electron chi connectivity index (χ2n) is 4.76. The summed E-state index contributed by atoms with van der Waals surface area (Å²) in [6.07, 6.45) is 1.62. The third-order valence-corrected chi connectivity index (χ3v) is 4.40. The molecule has 1 aromatic heterocycles. The molecule has 1 saturated heterocycles. The van der Waals surface area contributed by atoms with Crippen LogP contribution in [0.2, 0.25) is 0 Å². The van der Waals surface area contributed by atoms with Crippen LogP contribution in [0.3, 0.4) is 0 Å². The van der Waals surface area contributed by atoms with E-state index in [1.165, 1.54) is 18.4 Å². The van der Waals surface area contributed by atoms with Crippen molar-refractivity contribution in [2.45, 2.75) is 26.7 Å². The van der Waals surface area contributed by atoms with E-state index < -0.39 is 0 Å². The van der Waals surface area contributed by atoms with Crippen LogP contribution >= 0.6 is 11.3 Å². The fourth-order valence-corrected chi connectivity index (χ4v) is 3.28. The van der Waals surface area contributed by atoms with Crippen LogP contribution in [0.1, 0.15) is 33.2 Å². The molecule has 104 valence electrons. The fourth-order valence-electron chi connectivity index (χ4n) is 2.39. The van der Waals surface area contributed by atoms with E-state index in [9.17, 15) is 9.59 Å². The van der Waals surface area contributed by atoms with E-state index in [0.29, 0.717) is 18.0 Å². The Labute approximate surface area is 116 Å². The zero-order valence-corrected chi connectivity index (χ0v) is 12.2. The number of hydrogen-bond acceptors (Lipinski definition) is 5. The minimum Gasteiger partial charge on any atom is -0.469 e. The molecule has 1 aliphatic rings. The van der Waals surface area contributed by atoms with E-state index in [0.717, 1.165) is 23.5 Å². The van der Waals surface area contributed by atoms with Gasteiger partial charge in [-0.15, -0.1) is 11.3 Å². The Morgan fingerprint density at radius 2 is 2.16 bits per heavy atom. The Kier molecular flexibility index (Phi) is 4.19. The van der Waals surface area contributed by atoms with E-state index in [-0.39, 0.29) is 17.8 Å². The molecule has 2 heterocycles. The molecule has 1 atom stereocenters. The number of amides is 1. The van der Waals surface area contributed by atoms with E-state index in [1.807, 2.05) is 13.8 Å². The monoisotopic (exact) mass is 282 g/mol. The molecule has 6 heteroatoms. The zero-order valence-electron chi connectivity index (χ0n) is 11.4. The molecule has 5 nitrogen and oxygen atoms in total. The number of methoxy groups -OCH3 is 1. The van der Waals surface area contributed by atoms with Gasteiger partial charge in [0, 0.05) is 13.1 Å². The first-order valence-corrected chi connectivity index (χ1v) is 7.15. The molecule has 2 rings (SSSR count). The van der Waals surface area contributed by atoms with Gasteiger partial charge in [-0.25, -0.2) is 4.98 Å². The summed E-state index contributed by atoms with van der Waals surface area (Å²) in [5, 5.41) is 0.891. The molecule has 0 unspecified atom stereocenters. The summed E-state index contributed by atoms with van der Waals surface area (Å²) in [7, 11) is 1.39. The maximum absolute atomic E-state index is 12.4. The fraction of sp³-hybridized carbons (Fsp3) is 0.615. The Balaban J connectivity index is 2.11. The second-order valence-corrected chi connectivity index (χ2v) is 5.96. The average molecular weight is 282 g/mol. The maximum atomic E-state index is 12.4. The van der Waals surface area contributed by atoms with Crippen LogP contribution in [0.15, 0.2) is 0 Å². The molecule has 0 saturated carbocycles. The number of aromatic nitrogens is 1. The van der Waals surface area contributed by atoms with Crippen molar-refractivity contribution in [1.82, 2.24) is 9.88 Å². The Hall–Kier alpha value is -1.43. The van der Waals surface area contributed by atoms with Gasteiger partial charge in [-0.1, -0.05) is 0 Å². The Morgan fingerprint density at radius 1 is 1.42 bits per heavy atom. The minimum absolute atomic E-state index is 0.0169. The molecule has 19 heavy (non-hydrogen) atoms. The number of carbonyl (C=O) groups is 2. The number of carbonyl (C=O) groups excluding carboxylic acids is 2. The lowest BCUT2D eigenvalue weighted by Gasteiger charge is -2.31. The van der Waals surface area contributed by atoms with Crippen molar-refractivity contribution >= 4 is 23.2 Å². The second kappa shape index (κ2) is 5.69. The summed E-state index contributed by atoms with van der Waals surface area (Å²) >= 11 is 1.41. The van der Waals surface area contributed by atoms with Gasteiger partial charge in [0.15, 0.2) is 0 Å². The van der Waals surface area contributed by atoms with Gasteiger partial charge in [-0.05, 0) is 26.7 Å². The predicted molar refractivity (Wildman–Crippen MR) is 72.2 cm³/mol. The number of nitrogens with zero attached hydrogens (tertiary/aromatic N) is 2. The molecule has 0 spiro atoms. The normalized spacial score (nSPS) is 19.3. The third kappa shape index (κ3) is 2.94. The third-order valence-electron chi connectivity index (χ3n) is 3.34. The quantitative estimate of drug-likeness (QED) is 0.776. The summed E-state index contributed by atoms with van der Waals surface area (Å²) in [5.41, 5.74) is 0.771. The summed E-state index contributed by atoms with van der Waals surface area (Å²) in [5.74, 6) is -0.441. The molecule has 1 fully saturated rings. The highest BCUT2D eigenvalue weighted by molar-refractivity contribution is 7.13. The molecule has 0 radical (unpaired) electrons. The van der Waals surface area contributed by atoms with Crippen molar-refractivity contribution in [2.24, 2.45) is 5.92 Å². The Morgan fingerprint density at radius 3 is 2.74 bits per heavy atom. The van der Waals surface area contributed by atoms with Crippen molar-refractivity contribution in [3.05, 3.63) is 15.6 Å². The zero-order chi connectivity index (χ0) is 14.0. The molecule has 0 N–H and O–H groups in total. The van der Waals surface area contributed by atoms with Gasteiger partial charge in [0.2, 0.25) is 0 Å². The van der Waals surface area contributed by atoms with Gasteiger partial charge in [0.25, 0.3) is 5.91 Å². The number of ether oxygens (including phenoxy) is 1. The van der Waals surface area contributed by atoms with Crippen LogP contribution in [0.25, 0.3) is 0 Å². The first-order valence-electron chi connectivity index (χ1n) is 6.34. The lowest BCUT2D eigenvalue weighted by Crippen LogP contribution is -2.42. The van der Waals surface area contributed by atoms with Crippen molar-refractivity contribution < 1.29 is 14.3 Å². The van der Waals surface area contributed by atoms with Crippen molar-refractivity contribution in [2.75, 3.05) is 20.2 Å². The van der Waals surface area contributed by atoms with E-state index in [2.05, 4.69) is 4.98 Å².